The van der Waals surface area contributed by atoms with Crippen LogP contribution in [-0.4, -0.2) is 36.8 Å². The van der Waals surface area contributed by atoms with Crippen LogP contribution in [-0.2, 0) is 4.79 Å². The largest absolute Gasteiger partial charge is 0.497 e. The van der Waals surface area contributed by atoms with Gasteiger partial charge in [-0.3, -0.25) is 4.79 Å². The molecule has 146 valence electrons. The number of hydrogen-bond acceptors (Lipinski definition) is 7. The number of carbonyl (C=O) groups excluding carboxylic acids is 1. The molecule has 1 aliphatic heterocycles. The van der Waals surface area contributed by atoms with Crippen molar-refractivity contribution in [3.05, 3.63) is 53.9 Å². The van der Waals surface area contributed by atoms with Crippen molar-refractivity contribution in [3.8, 4) is 29.0 Å². The maximum atomic E-state index is 12.7. The Bertz CT molecular complexity index is 1100. The van der Waals surface area contributed by atoms with Gasteiger partial charge < -0.3 is 18.9 Å². The fourth-order valence-corrected chi connectivity index (χ4v) is 3.36. The minimum atomic E-state index is -0.203. The van der Waals surface area contributed by atoms with E-state index in [4.69, 9.17) is 19.3 Å². The molecule has 0 saturated carbocycles. The number of amides is 1. The summed E-state index contributed by atoms with van der Waals surface area (Å²) in [6, 6.07) is 14.4. The molecule has 1 saturated heterocycles. The Hall–Kier alpha value is -3.86. The van der Waals surface area contributed by atoms with Crippen LogP contribution in [0.3, 0.4) is 0 Å². The summed E-state index contributed by atoms with van der Waals surface area (Å²) in [7, 11) is 3.13. The van der Waals surface area contributed by atoms with Crippen molar-refractivity contribution in [2.45, 2.75) is 12.3 Å². The number of ether oxygens (including phenoxy) is 2. The zero-order valence-corrected chi connectivity index (χ0v) is 16.0. The highest BCUT2D eigenvalue weighted by Crippen LogP contribution is 2.38. The van der Waals surface area contributed by atoms with E-state index >= 15 is 0 Å². The molecule has 1 unspecified atom stereocenters. The van der Waals surface area contributed by atoms with E-state index in [-0.39, 0.29) is 18.2 Å². The number of methoxy groups -OCH3 is 2. The summed E-state index contributed by atoms with van der Waals surface area (Å²) < 4.78 is 16.0. The minimum Gasteiger partial charge on any atom is -0.497 e. The molecule has 2 heterocycles. The summed E-state index contributed by atoms with van der Waals surface area (Å²) in [6.07, 6.45) is 0.270. The van der Waals surface area contributed by atoms with Gasteiger partial charge in [-0.2, -0.15) is 10.2 Å². The molecule has 4 rings (SSSR count). The first-order chi connectivity index (χ1) is 14.1. The lowest BCUT2D eigenvalue weighted by atomic mass is 10.1. The first-order valence-corrected chi connectivity index (χ1v) is 8.99. The number of benzene rings is 2. The van der Waals surface area contributed by atoms with Gasteiger partial charge in [0.25, 0.3) is 5.89 Å². The molecule has 1 fully saturated rings. The number of nitriles is 1. The van der Waals surface area contributed by atoms with E-state index in [1.165, 1.54) is 0 Å². The summed E-state index contributed by atoms with van der Waals surface area (Å²) in [5.41, 5.74) is 1.85. The highest BCUT2D eigenvalue weighted by molar-refractivity contribution is 5.97. The van der Waals surface area contributed by atoms with Gasteiger partial charge in [-0.25, -0.2) is 0 Å². The first kappa shape index (κ1) is 18.5. The van der Waals surface area contributed by atoms with Crippen molar-refractivity contribution in [3.63, 3.8) is 0 Å². The van der Waals surface area contributed by atoms with Crippen LogP contribution >= 0.6 is 0 Å². The Kier molecular flexibility index (Phi) is 4.87. The molecule has 3 aromatic rings. The number of nitrogens with zero attached hydrogens (tertiary/aromatic N) is 4. The Labute approximate surface area is 167 Å². The molecular weight excluding hydrogens is 372 g/mol. The highest BCUT2D eigenvalue weighted by Gasteiger charge is 2.36. The second-order valence-corrected chi connectivity index (χ2v) is 6.59. The molecule has 0 N–H and O–H groups in total. The molecule has 1 amide bonds. The van der Waals surface area contributed by atoms with E-state index in [1.807, 2.05) is 0 Å². The van der Waals surface area contributed by atoms with Crippen LogP contribution in [0, 0.1) is 11.3 Å². The van der Waals surface area contributed by atoms with E-state index in [9.17, 15) is 4.79 Å². The number of carbonyl (C=O) groups is 1. The van der Waals surface area contributed by atoms with Crippen molar-refractivity contribution in [2.75, 3.05) is 25.7 Å². The minimum absolute atomic E-state index is 0.0451. The van der Waals surface area contributed by atoms with Crippen LogP contribution in [0.5, 0.6) is 11.5 Å². The number of hydrogen-bond donors (Lipinski definition) is 0. The monoisotopic (exact) mass is 390 g/mol. The summed E-state index contributed by atoms with van der Waals surface area (Å²) in [5, 5.41) is 13.1. The lowest BCUT2D eigenvalue weighted by Gasteiger charge is -2.19. The Morgan fingerprint density at radius 2 is 2.07 bits per heavy atom. The van der Waals surface area contributed by atoms with Crippen LogP contribution in [0.15, 0.2) is 47.0 Å². The van der Waals surface area contributed by atoms with Crippen molar-refractivity contribution in [1.82, 2.24) is 10.1 Å². The Balaban J connectivity index is 1.58. The SMILES string of the molecule is COc1ccc(N2CC(c3noc(-c4cccc(C#N)c4)n3)CC2=O)c(OC)c1. The lowest BCUT2D eigenvalue weighted by Crippen LogP contribution is -2.24. The average Bonchev–Trinajstić information content (AvgIpc) is 3.40. The van der Waals surface area contributed by atoms with E-state index in [2.05, 4.69) is 16.2 Å². The molecule has 1 atom stereocenters. The highest BCUT2D eigenvalue weighted by atomic mass is 16.5. The van der Waals surface area contributed by atoms with Gasteiger partial charge in [0.15, 0.2) is 5.82 Å². The van der Waals surface area contributed by atoms with Gasteiger partial charge >= 0.3 is 0 Å². The van der Waals surface area contributed by atoms with Gasteiger partial charge in [0.1, 0.15) is 11.5 Å². The predicted molar refractivity (Wildman–Crippen MR) is 104 cm³/mol. The van der Waals surface area contributed by atoms with Crippen molar-refractivity contribution in [2.24, 2.45) is 0 Å². The van der Waals surface area contributed by atoms with Crippen LogP contribution in [0.25, 0.3) is 11.5 Å². The van der Waals surface area contributed by atoms with Crippen LogP contribution in [0.4, 0.5) is 5.69 Å². The van der Waals surface area contributed by atoms with Gasteiger partial charge in [0.05, 0.1) is 31.5 Å². The molecule has 1 aliphatic rings. The van der Waals surface area contributed by atoms with E-state index in [0.717, 1.165) is 0 Å². The molecule has 8 nitrogen and oxygen atoms in total. The third-order valence-electron chi connectivity index (χ3n) is 4.85. The molecule has 8 heteroatoms. The molecule has 1 aromatic heterocycles. The first-order valence-electron chi connectivity index (χ1n) is 8.99. The van der Waals surface area contributed by atoms with Gasteiger partial charge in [0, 0.05) is 30.5 Å². The Morgan fingerprint density at radius 3 is 2.83 bits per heavy atom. The second-order valence-electron chi connectivity index (χ2n) is 6.59. The van der Waals surface area contributed by atoms with E-state index in [0.29, 0.717) is 46.6 Å². The molecule has 0 bridgehead atoms. The number of aromatic nitrogens is 2. The quantitative estimate of drug-likeness (QED) is 0.659. The molecule has 29 heavy (non-hydrogen) atoms. The molecule has 0 aliphatic carbocycles. The molecule has 2 aromatic carbocycles. The zero-order chi connectivity index (χ0) is 20.4. The second kappa shape index (κ2) is 7.64. The van der Waals surface area contributed by atoms with Crippen molar-refractivity contribution < 1.29 is 18.8 Å². The topological polar surface area (TPSA) is 101 Å². The van der Waals surface area contributed by atoms with Crippen molar-refractivity contribution in [1.29, 1.82) is 5.26 Å². The summed E-state index contributed by atoms with van der Waals surface area (Å²) >= 11 is 0. The van der Waals surface area contributed by atoms with Crippen LogP contribution in [0.1, 0.15) is 23.7 Å². The third kappa shape index (κ3) is 3.50. The summed E-state index contributed by atoms with van der Waals surface area (Å²) in [5.74, 6) is 1.75. The fourth-order valence-electron chi connectivity index (χ4n) is 3.36. The standard InChI is InChI=1S/C21H18N4O4/c1-27-16-6-7-17(18(10-16)28-2)25-12-15(9-19(25)26)20-23-21(29-24-20)14-5-3-4-13(8-14)11-22/h3-8,10,15H,9,12H2,1-2H3. The fraction of sp³-hybridized carbons (Fsp3) is 0.238. The van der Waals surface area contributed by atoms with E-state index in [1.54, 1.807) is 61.6 Å². The van der Waals surface area contributed by atoms with Crippen LogP contribution in [0.2, 0.25) is 0 Å². The van der Waals surface area contributed by atoms with Crippen LogP contribution < -0.4 is 14.4 Å². The normalized spacial score (nSPS) is 16.0. The maximum Gasteiger partial charge on any atom is 0.257 e. The van der Waals surface area contributed by atoms with Gasteiger partial charge in [-0.1, -0.05) is 11.2 Å². The number of anilines is 1. The molecule has 0 radical (unpaired) electrons. The van der Waals surface area contributed by atoms with Crippen molar-refractivity contribution >= 4 is 11.6 Å². The van der Waals surface area contributed by atoms with Gasteiger partial charge in [-0.15, -0.1) is 0 Å². The summed E-state index contributed by atoms with van der Waals surface area (Å²) in [4.78, 5) is 18.8. The number of rotatable bonds is 5. The lowest BCUT2D eigenvalue weighted by molar-refractivity contribution is -0.117. The summed E-state index contributed by atoms with van der Waals surface area (Å²) in [6.45, 7) is 0.415. The van der Waals surface area contributed by atoms with Gasteiger partial charge in [0.2, 0.25) is 5.91 Å². The third-order valence-corrected chi connectivity index (χ3v) is 4.85. The molecular formula is C21H18N4O4. The zero-order valence-electron chi connectivity index (χ0n) is 16.0. The van der Waals surface area contributed by atoms with E-state index < -0.39 is 0 Å². The predicted octanol–water partition coefficient (Wildman–Crippen LogP) is 3.15. The smallest absolute Gasteiger partial charge is 0.257 e. The van der Waals surface area contributed by atoms with Gasteiger partial charge in [-0.05, 0) is 30.3 Å². The molecule has 0 spiro atoms. The maximum absolute atomic E-state index is 12.7. The average molecular weight is 390 g/mol. The Morgan fingerprint density at radius 1 is 1.21 bits per heavy atom.